The van der Waals surface area contributed by atoms with Crippen molar-refractivity contribution < 1.29 is 38.8 Å². The number of nitro groups is 2. The van der Waals surface area contributed by atoms with Gasteiger partial charge < -0.3 is 29.3 Å². The molecule has 3 saturated heterocycles. The number of amides is 2. The van der Waals surface area contributed by atoms with Gasteiger partial charge in [-0.15, -0.1) is 11.8 Å². The van der Waals surface area contributed by atoms with E-state index in [-0.39, 0.29) is 59.3 Å². The second kappa shape index (κ2) is 15.0. The summed E-state index contributed by atoms with van der Waals surface area (Å²) >= 11 is 1.46. The highest BCUT2D eigenvalue weighted by Crippen LogP contribution is 2.53. The molecular weight excluding hydrogens is 682 g/mol. The number of benzene rings is 2. The molecule has 4 aliphatic rings. The molecule has 15 nitrogen and oxygen atoms in total. The SMILES string of the molecule is C[C@@H](O)[C@H]1C(=O)N2C(C(=O)OCc3ccc([N+](=O)[O-])cc3)=C(S[C@H]3C[C@@H](C4CCN(C)CC4)N(C(=O)OCc4ccc([N+](=O)[O-])cc4)C3)[C@H](C)[C@H]12. The van der Waals surface area contributed by atoms with Gasteiger partial charge in [0, 0.05) is 52.9 Å². The highest BCUT2D eigenvalue weighted by atomic mass is 32.2. The fourth-order valence-corrected chi connectivity index (χ4v) is 9.24. The smallest absolute Gasteiger partial charge is 0.410 e. The number of fused-ring (bicyclic) bond motifs is 1. The normalized spacial score (nSPS) is 25.7. The van der Waals surface area contributed by atoms with Crippen LogP contribution in [0.3, 0.4) is 0 Å². The van der Waals surface area contributed by atoms with Gasteiger partial charge in [0.2, 0.25) is 5.91 Å². The van der Waals surface area contributed by atoms with Gasteiger partial charge in [-0.3, -0.25) is 25.0 Å². The number of carbonyl (C=O) groups is 3. The van der Waals surface area contributed by atoms with Crippen molar-refractivity contribution in [3.05, 3.63) is 90.5 Å². The van der Waals surface area contributed by atoms with Crippen LogP contribution in [-0.2, 0) is 32.3 Å². The van der Waals surface area contributed by atoms with Crippen LogP contribution in [0, 0.1) is 38.0 Å². The third-order valence-electron chi connectivity index (χ3n) is 10.5. The summed E-state index contributed by atoms with van der Waals surface area (Å²) in [5.74, 6) is -1.77. The highest BCUT2D eigenvalue weighted by Gasteiger charge is 2.60. The summed E-state index contributed by atoms with van der Waals surface area (Å²) in [5.41, 5.74) is 1.16. The number of β-lactam (4-membered cyclic amide) rings is 1. The molecule has 4 aliphatic heterocycles. The Morgan fingerprint density at radius 3 is 2.04 bits per heavy atom. The molecule has 272 valence electrons. The average molecular weight is 724 g/mol. The molecule has 3 fully saturated rings. The molecule has 6 atom stereocenters. The summed E-state index contributed by atoms with van der Waals surface area (Å²) in [7, 11) is 2.07. The minimum Gasteiger partial charge on any atom is -0.456 e. The summed E-state index contributed by atoms with van der Waals surface area (Å²) < 4.78 is 11.4. The number of hydrogen-bond acceptors (Lipinski definition) is 12. The van der Waals surface area contributed by atoms with Gasteiger partial charge in [-0.25, -0.2) is 9.59 Å². The molecular formula is C35H41N5O10S. The predicted molar refractivity (Wildman–Crippen MR) is 185 cm³/mol. The molecule has 0 aliphatic carbocycles. The van der Waals surface area contributed by atoms with E-state index in [9.17, 15) is 39.7 Å². The molecule has 2 amide bonds. The number of non-ortho nitro benzene ring substituents is 2. The zero-order valence-corrected chi connectivity index (χ0v) is 29.4. The van der Waals surface area contributed by atoms with Gasteiger partial charge in [0.05, 0.1) is 27.9 Å². The van der Waals surface area contributed by atoms with Gasteiger partial charge in [-0.2, -0.15) is 0 Å². The second-order valence-electron chi connectivity index (χ2n) is 13.8. The zero-order chi connectivity index (χ0) is 36.6. The Kier molecular flexibility index (Phi) is 10.6. The van der Waals surface area contributed by atoms with Gasteiger partial charge in [0.25, 0.3) is 11.4 Å². The molecule has 4 heterocycles. The number of likely N-dealkylation sites (tertiary alicyclic amines) is 2. The lowest BCUT2D eigenvalue weighted by atomic mass is 9.79. The van der Waals surface area contributed by atoms with Gasteiger partial charge in [-0.1, -0.05) is 6.92 Å². The minimum atomic E-state index is -0.913. The molecule has 0 bridgehead atoms. The van der Waals surface area contributed by atoms with Crippen molar-refractivity contribution in [2.45, 2.75) is 69.8 Å². The van der Waals surface area contributed by atoms with Crippen molar-refractivity contribution in [3.8, 4) is 0 Å². The lowest BCUT2D eigenvalue weighted by Gasteiger charge is -2.46. The molecule has 0 radical (unpaired) electrons. The van der Waals surface area contributed by atoms with Crippen LogP contribution in [0.25, 0.3) is 0 Å². The van der Waals surface area contributed by atoms with E-state index in [4.69, 9.17) is 9.47 Å². The number of nitro benzene ring substituents is 2. The Morgan fingerprint density at radius 1 is 0.961 bits per heavy atom. The Bertz CT molecular complexity index is 1710. The molecule has 2 aromatic rings. The van der Waals surface area contributed by atoms with Crippen molar-refractivity contribution in [1.82, 2.24) is 14.7 Å². The average Bonchev–Trinajstić information content (AvgIpc) is 3.63. The number of piperidine rings is 1. The number of aliphatic hydroxyl groups excluding tert-OH is 1. The molecule has 0 spiro atoms. The van der Waals surface area contributed by atoms with Gasteiger partial charge >= 0.3 is 12.1 Å². The van der Waals surface area contributed by atoms with Crippen molar-refractivity contribution in [3.63, 3.8) is 0 Å². The molecule has 0 saturated carbocycles. The maximum atomic E-state index is 13.7. The van der Waals surface area contributed by atoms with Crippen LogP contribution in [0.15, 0.2) is 59.1 Å². The summed E-state index contributed by atoms with van der Waals surface area (Å²) in [5, 5.41) is 32.4. The van der Waals surface area contributed by atoms with E-state index < -0.39 is 40.0 Å². The van der Waals surface area contributed by atoms with Crippen LogP contribution >= 0.6 is 11.8 Å². The third-order valence-corrected chi connectivity index (χ3v) is 12.0. The summed E-state index contributed by atoms with van der Waals surface area (Å²) in [6.45, 7) is 5.44. The fraction of sp³-hybridized carbons (Fsp3) is 0.514. The molecule has 2 aromatic carbocycles. The number of rotatable bonds is 11. The number of aliphatic hydroxyl groups is 1. The van der Waals surface area contributed by atoms with E-state index in [0.29, 0.717) is 29.0 Å². The first kappa shape index (κ1) is 36.3. The first-order valence-electron chi connectivity index (χ1n) is 17.0. The number of carbonyl (C=O) groups excluding carboxylic acids is 3. The minimum absolute atomic E-state index is 0.0440. The summed E-state index contributed by atoms with van der Waals surface area (Å²) in [6.07, 6.45) is 1.06. The fourth-order valence-electron chi connectivity index (χ4n) is 7.70. The van der Waals surface area contributed by atoms with Crippen LogP contribution in [0.4, 0.5) is 16.2 Å². The number of ether oxygens (including phenoxy) is 2. The summed E-state index contributed by atoms with van der Waals surface area (Å²) in [4.78, 5) is 67.9. The van der Waals surface area contributed by atoms with E-state index in [1.165, 1.54) is 53.1 Å². The predicted octanol–water partition coefficient (Wildman–Crippen LogP) is 4.47. The van der Waals surface area contributed by atoms with Crippen LogP contribution in [-0.4, -0.2) is 97.7 Å². The number of hydrogen-bond donors (Lipinski definition) is 1. The monoisotopic (exact) mass is 723 g/mol. The Balaban J connectivity index is 1.21. The zero-order valence-electron chi connectivity index (χ0n) is 28.6. The Morgan fingerprint density at radius 2 is 1.51 bits per heavy atom. The molecule has 6 rings (SSSR count). The van der Waals surface area contributed by atoms with Gasteiger partial charge in [-0.05, 0) is 87.6 Å². The van der Waals surface area contributed by atoms with E-state index >= 15 is 0 Å². The van der Waals surface area contributed by atoms with Crippen LogP contribution in [0.5, 0.6) is 0 Å². The maximum Gasteiger partial charge on any atom is 0.410 e. The van der Waals surface area contributed by atoms with Gasteiger partial charge in [0.15, 0.2) is 0 Å². The third kappa shape index (κ3) is 7.44. The van der Waals surface area contributed by atoms with Crippen molar-refractivity contribution in [1.29, 1.82) is 0 Å². The number of nitrogens with zero attached hydrogens (tertiary/aromatic N) is 5. The maximum absolute atomic E-state index is 13.7. The van der Waals surface area contributed by atoms with Crippen LogP contribution < -0.4 is 0 Å². The first-order chi connectivity index (χ1) is 24.3. The molecule has 16 heteroatoms. The molecule has 51 heavy (non-hydrogen) atoms. The topological polar surface area (TPSA) is 186 Å². The lowest BCUT2D eigenvalue weighted by molar-refractivity contribution is -0.385. The number of esters is 1. The van der Waals surface area contributed by atoms with Crippen molar-refractivity contribution in [2.24, 2.45) is 17.8 Å². The van der Waals surface area contributed by atoms with Crippen LogP contribution in [0.1, 0.15) is 44.2 Å². The van der Waals surface area contributed by atoms with E-state index in [2.05, 4.69) is 11.9 Å². The number of thioether (sulfide) groups is 1. The summed E-state index contributed by atoms with van der Waals surface area (Å²) in [6, 6.07) is 11.0. The van der Waals surface area contributed by atoms with E-state index in [1.807, 2.05) is 6.92 Å². The van der Waals surface area contributed by atoms with Crippen LogP contribution in [0.2, 0.25) is 0 Å². The Hall–Kier alpha value is -4.54. The molecule has 1 N–H and O–H groups in total. The van der Waals surface area contributed by atoms with Crippen molar-refractivity contribution in [2.75, 3.05) is 26.7 Å². The molecule has 0 aromatic heterocycles. The first-order valence-corrected chi connectivity index (χ1v) is 17.9. The van der Waals surface area contributed by atoms with E-state index in [1.54, 1.807) is 24.0 Å². The standard InChI is InChI=1S/C35H41N5O10S/c1-20-30-29(21(2)41)33(42)38(30)31(34(43)49-18-22-4-8-25(9-5-22)39(45)46)32(20)51-27-16-28(24-12-14-36(3)15-13-24)37(17-27)35(44)50-19-23-6-10-26(11-7-23)40(47)48/h4-11,20-21,24,27-30,41H,12-19H2,1-3H3/t20-,21-,27+,28+,29-,30-/m1/s1. The highest BCUT2D eigenvalue weighted by molar-refractivity contribution is 8.03. The van der Waals surface area contributed by atoms with Gasteiger partial charge in [0.1, 0.15) is 18.9 Å². The lowest BCUT2D eigenvalue weighted by Crippen LogP contribution is -2.63. The quantitative estimate of drug-likeness (QED) is 0.149. The second-order valence-corrected chi connectivity index (χ2v) is 15.1. The van der Waals surface area contributed by atoms with Crippen molar-refractivity contribution >= 4 is 41.1 Å². The van der Waals surface area contributed by atoms with E-state index in [0.717, 1.165) is 25.9 Å². The molecule has 0 unspecified atom stereocenters. The largest absolute Gasteiger partial charge is 0.456 e. The Labute approximate surface area is 298 Å².